The van der Waals surface area contributed by atoms with Crippen molar-refractivity contribution < 1.29 is 9.90 Å². The Bertz CT molecular complexity index is 143. The second-order valence-corrected chi connectivity index (χ2v) is 3.60. The first kappa shape index (κ1) is 10.6. The number of carboxylic acids is 1. The van der Waals surface area contributed by atoms with Crippen LogP contribution in [0.15, 0.2) is 12.2 Å². The van der Waals surface area contributed by atoms with Crippen molar-refractivity contribution in [3.63, 3.8) is 0 Å². The van der Waals surface area contributed by atoms with Gasteiger partial charge >= 0.3 is 5.97 Å². The molecule has 0 aliphatic heterocycles. The van der Waals surface area contributed by atoms with Gasteiger partial charge in [-0.1, -0.05) is 13.5 Å². The van der Waals surface area contributed by atoms with E-state index in [0.717, 1.165) is 17.9 Å². The molecule has 1 N–H and O–H groups in total. The maximum absolute atomic E-state index is 10.3. The largest absolute Gasteiger partial charge is 0.478 e. The Labute approximate surface area is 71.7 Å². The van der Waals surface area contributed by atoms with Gasteiger partial charge in [0.05, 0.1) is 0 Å². The minimum Gasteiger partial charge on any atom is -0.478 e. The van der Waals surface area contributed by atoms with E-state index in [1.54, 1.807) is 0 Å². The van der Waals surface area contributed by atoms with E-state index in [0.29, 0.717) is 12.0 Å². The fraction of sp³-hybridized carbons (Fsp3) is 0.625. The van der Waals surface area contributed by atoms with Crippen molar-refractivity contribution in [2.75, 3.05) is 11.5 Å². The van der Waals surface area contributed by atoms with Crippen LogP contribution in [0.2, 0.25) is 0 Å². The SMILES string of the molecule is C=C(CCCSCC)C(=O)O. The summed E-state index contributed by atoms with van der Waals surface area (Å²) < 4.78 is 0. The zero-order valence-corrected chi connectivity index (χ0v) is 7.62. The molecule has 0 rings (SSSR count). The van der Waals surface area contributed by atoms with Crippen molar-refractivity contribution in [1.29, 1.82) is 0 Å². The van der Waals surface area contributed by atoms with Gasteiger partial charge in [-0.2, -0.15) is 11.8 Å². The van der Waals surface area contributed by atoms with Crippen molar-refractivity contribution >= 4 is 17.7 Å². The van der Waals surface area contributed by atoms with Gasteiger partial charge in [-0.3, -0.25) is 0 Å². The molecule has 0 spiro atoms. The number of hydrogen-bond donors (Lipinski definition) is 1. The molecule has 0 aliphatic carbocycles. The lowest BCUT2D eigenvalue weighted by Gasteiger charge is -1.98. The van der Waals surface area contributed by atoms with Crippen LogP contribution in [-0.2, 0) is 4.79 Å². The summed E-state index contributed by atoms with van der Waals surface area (Å²) in [6.07, 6.45) is 1.53. The average molecular weight is 174 g/mol. The Morgan fingerprint density at radius 1 is 1.64 bits per heavy atom. The van der Waals surface area contributed by atoms with Gasteiger partial charge in [-0.15, -0.1) is 0 Å². The van der Waals surface area contributed by atoms with Gasteiger partial charge in [0.1, 0.15) is 0 Å². The van der Waals surface area contributed by atoms with Crippen LogP contribution in [0.5, 0.6) is 0 Å². The molecule has 0 amide bonds. The third kappa shape index (κ3) is 5.98. The Morgan fingerprint density at radius 3 is 2.73 bits per heavy atom. The topological polar surface area (TPSA) is 37.3 Å². The van der Waals surface area contributed by atoms with Crippen molar-refractivity contribution in [3.05, 3.63) is 12.2 Å². The molecular formula is C8H14O2S. The smallest absolute Gasteiger partial charge is 0.330 e. The Hall–Kier alpha value is -0.440. The van der Waals surface area contributed by atoms with Crippen LogP contribution in [0.4, 0.5) is 0 Å². The number of carboxylic acid groups (broad SMARTS) is 1. The van der Waals surface area contributed by atoms with Gasteiger partial charge in [0.25, 0.3) is 0 Å². The number of rotatable bonds is 6. The highest BCUT2D eigenvalue weighted by Crippen LogP contribution is 2.08. The van der Waals surface area contributed by atoms with Crippen molar-refractivity contribution in [1.82, 2.24) is 0 Å². The third-order valence-electron chi connectivity index (χ3n) is 1.27. The molecule has 0 bridgehead atoms. The lowest BCUT2D eigenvalue weighted by Crippen LogP contribution is -1.99. The second kappa shape index (κ2) is 6.28. The molecule has 0 saturated carbocycles. The van der Waals surface area contributed by atoms with Crippen LogP contribution in [0.3, 0.4) is 0 Å². The van der Waals surface area contributed by atoms with E-state index >= 15 is 0 Å². The molecule has 0 aliphatic rings. The highest BCUT2D eigenvalue weighted by atomic mass is 32.2. The van der Waals surface area contributed by atoms with Gasteiger partial charge < -0.3 is 5.11 Å². The molecule has 0 aromatic rings. The summed E-state index contributed by atoms with van der Waals surface area (Å²) >= 11 is 1.83. The van der Waals surface area contributed by atoms with E-state index < -0.39 is 5.97 Å². The molecule has 0 heterocycles. The Kier molecular flexibility index (Phi) is 6.03. The van der Waals surface area contributed by atoms with Crippen LogP contribution < -0.4 is 0 Å². The van der Waals surface area contributed by atoms with Crippen LogP contribution in [0.1, 0.15) is 19.8 Å². The predicted octanol–water partition coefficient (Wildman–Crippen LogP) is 2.16. The normalized spacial score (nSPS) is 9.55. The third-order valence-corrected chi connectivity index (χ3v) is 2.26. The first-order chi connectivity index (χ1) is 5.18. The lowest BCUT2D eigenvalue weighted by atomic mass is 10.2. The first-order valence-electron chi connectivity index (χ1n) is 3.67. The summed E-state index contributed by atoms with van der Waals surface area (Å²) in [6.45, 7) is 5.54. The second-order valence-electron chi connectivity index (χ2n) is 2.21. The van der Waals surface area contributed by atoms with E-state index in [-0.39, 0.29) is 0 Å². The maximum Gasteiger partial charge on any atom is 0.330 e. The monoisotopic (exact) mass is 174 g/mol. The molecule has 0 unspecified atom stereocenters. The van der Waals surface area contributed by atoms with Crippen molar-refractivity contribution in [3.8, 4) is 0 Å². The fourth-order valence-electron chi connectivity index (χ4n) is 0.639. The van der Waals surface area contributed by atoms with Crippen LogP contribution >= 0.6 is 11.8 Å². The summed E-state index contributed by atoms with van der Waals surface area (Å²) in [7, 11) is 0. The molecule has 2 nitrogen and oxygen atoms in total. The summed E-state index contributed by atoms with van der Waals surface area (Å²) in [5, 5.41) is 8.43. The zero-order valence-electron chi connectivity index (χ0n) is 6.80. The first-order valence-corrected chi connectivity index (χ1v) is 4.82. The molecular weight excluding hydrogens is 160 g/mol. The summed E-state index contributed by atoms with van der Waals surface area (Å²) in [5.41, 5.74) is 0.321. The molecule has 0 saturated heterocycles. The lowest BCUT2D eigenvalue weighted by molar-refractivity contribution is -0.132. The van der Waals surface area contributed by atoms with Crippen LogP contribution in [-0.4, -0.2) is 22.6 Å². The van der Waals surface area contributed by atoms with Gasteiger partial charge in [-0.05, 0) is 24.3 Å². The Balaban J connectivity index is 3.25. The molecule has 0 radical (unpaired) electrons. The molecule has 0 atom stereocenters. The maximum atomic E-state index is 10.3. The number of thioether (sulfide) groups is 1. The summed E-state index contributed by atoms with van der Waals surface area (Å²) in [6, 6.07) is 0. The minimum atomic E-state index is -0.869. The highest BCUT2D eigenvalue weighted by molar-refractivity contribution is 7.99. The average Bonchev–Trinajstić information content (AvgIpc) is 1.97. The molecule has 64 valence electrons. The molecule has 3 heteroatoms. The molecule has 0 aromatic heterocycles. The van der Waals surface area contributed by atoms with Gasteiger partial charge in [0, 0.05) is 5.57 Å². The summed E-state index contributed by atoms with van der Waals surface area (Å²) in [5.74, 6) is 1.26. The summed E-state index contributed by atoms with van der Waals surface area (Å²) in [4.78, 5) is 10.3. The Morgan fingerprint density at radius 2 is 2.27 bits per heavy atom. The number of hydrogen-bond acceptors (Lipinski definition) is 2. The minimum absolute atomic E-state index is 0.321. The van der Waals surface area contributed by atoms with E-state index in [9.17, 15) is 4.79 Å². The quantitative estimate of drug-likeness (QED) is 0.495. The highest BCUT2D eigenvalue weighted by Gasteiger charge is 2.01. The fourth-order valence-corrected chi connectivity index (χ4v) is 1.28. The predicted molar refractivity (Wildman–Crippen MR) is 49.0 cm³/mol. The van der Waals surface area contributed by atoms with Crippen LogP contribution in [0, 0.1) is 0 Å². The zero-order chi connectivity index (χ0) is 8.69. The van der Waals surface area contributed by atoms with Gasteiger partial charge in [0.15, 0.2) is 0 Å². The van der Waals surface area contributed by atoms with E-state index in [4.69, 9.17) is 5.11 Å². The van der Waals surface area contributed by atoms with Crippen LogP contribution in [0.25, 0.3) is 0 Å². The van der Waals surface area contributed by atoms with Crippen molar-refractivity contribution in [2.45, 2.75) is 19.8 Å². The standard InChI is InChI=1S/C8H14O2S/c1-3-11-6-4-5-7(2)8(9)10/h2-6H2,1H3,(H,9,10). The molecule has 11 heavy (non-hydrogen) atoms. The number of carbonyl (C=O) groups is 1. The van der Waals surface area contributed by atoms with Gasteiger partial charge in [-0.25, -0.2) is 4.79 Å². The van der Waals surface area contributed by atoms with E-state index in [2.05, 4.69) is 13.5 Å². The van der Waals surface area contributed by atoms with E-state index in [1.807, 2.05) is 11.8 Å². The number of aliphatic carboxylic acids is 1. The van der Waals surface area contributed by atoms with Gasteiger partial charge in [0.2, 0.25) is 0 Å². The van der Waals surface area contributed by atoms with Crippen molar-refractivity contribution in [2.24, 2.45) is 0 Å². The molecule has 0 aromatic carbocycles. The van der Waals surface area contributed by atoms with E-state index in [1.165, 1.54) is 0 Å². The molecule has 0 fully saturated rings.